The van der Waals surface area contributed by atoms with Crippen LogP contribution in [0.4, 0.5) is 11.6 Å². The molecule has 17 nitrogen and oxygen atoms in total. The van der Waals surface area contributed by atoms with Gasteiger partial charge in [-0.2, -0.15) is 15.1 Å². The number of rotatable bonds is 13. The molecule has 17 heteroatoms. The molecule has 6 aromatic rings. The average Bonchev–Trinajstić information content (AvgIpc) is 4.06. The van der Waals surface area contributed by atoms with Gasteiger partial charge < -0.3 is 42.8 Å². The van der Waals surface area contributed by atoms with Crippen LogP contribution in [0.5, 0.6) is 17.5 Å². The Balaban J connectivity index is 0.768. The first kappa shape index (κ1) is 46.7. The monoisotopic (exact) mass is 956 g/mol. The highest BCUT2D eigenvalue weighted by molar-refractivity contribution is 5.87. The molecule has 0 spiro atoms. The molecule has 0 amide bonds. The van der Waals surface area contributed by atoms with Crippen molar-refractivity contribution in [1.29, 1.82) is 0 Å². The maximum atomic E-state index is 7.02. The predicted octanol–water partition coefficient (Wildman–Crippen LogP) is 7.41. The zero-order valence-electron chi connectivity index (χ0n) is 41.5. The normalized spacial score (nSPS) is 26.4. The van der Waals surface area contributed by atoms with E-state index in [1.807, 2.05) is 48.9 Å². The Bertz CT molecular complexity index is 2700. The van der Waals surface area contributed by atoms with Crippen LogP contribution in [-0.4, -0.2) is 146 Å². The number of pyridine rings is 4. The van der Waals surface area contributed by atoms with Crippen LogP contribution in [0.3, 0.4) is 0 Å². The molecule has 0 aromatic carbocycles. The summed E-state index contributed by atoms with van der Waals surface area (Å²) in [5.74, 6) is 4.39. The lowest BCUT2D eigenvalue weighted by atomic mass is 9.78. The minimum Gasteiger partial charge on any atom is -0.491 e. The van der Waals surface area contributed by atoms with Crippen LogP contribution in [0.2, 0.25) is 0 Å². The third kappa shape index (κ3) is 10.5. The lowest BCUT2D eigenvalue weighted by molar-refractivity contribution is -0.133. The van der Waals surface area contributed by atoms with Gasteiger partial charge >= 0.3 is 0 Å². The molecule has 2 saturated carbocycles. The van der Waals surface area contributed by atoms with E-state index in [9.17, 15) is 0 Å². The van der Waals surface area contributed by atoms with Gasteiger partial charge in [-0.05, 0) is 102 Å². The molecule has 2 unspecified atom stereocenters. The number of fused-ring (bicyclic) bond motifs is 2. The number of hydrogen-bond donors (Lipinski definition) is 0. The van der Waals surface area contributed by atoms with Gasteiger partial charge in [0, 0.05) is 102 Å². The summed E-state index contributed by atoms with van der Waals surface area (Å²) < 4.78 is 43.3. The topological polar surface area (TPSA) is 152 Å². The van der Waals surface area contributed by atoms with E-state index in [1.54, 1.807) is 0 Å². The van der Waals surface area contributed by atoms with E-state index in [0.717, 1.165) is 124 Å². The Morgan fingerprint density at radius 2 is 1.51 bits per heavy atom. The second kappa shape index (κ2) is 19.9. The number of nitrogens with zero attached hydrogens (tertiary/aromatic N) is 11. The summed E-state index contributed by atoms with van der Waals surface area (Å²) >= 11 is 0. The summed E-state index contributed by atoms with van der Waals surface area (Å²) in [7, 11) is 1.98. The van der Waals surface area contributed by atoms with Crippen LogP contribution in [0, 0.1) is 5.92 Å². The highest BCUT2D eigenvalue weighted by Crippen LogP contribution is 2.42. The van der Waals surface area contributed by atoms with E-state index in [0.29, 0.717) is 49.9 Å². The van der Waals surface area contributed by atoms with E-state index in [4.69, 9.17) is 48.4 Å². The third-order valence-corrected chi connectivity index (χ3v) is 15.0. The average molecular weight is 956 g/mol. The van der Waals surface area contributed by atoms with Gasteiger partial charge in [-0.1, -0.05) is 0 Å². The molecule has 6 aromatic heterocycles. The Morgan fingerprint density at radius 1 is 0.771 bits per heavy atom. The van der Waals surface area contributed by atoms with Crippen molar-refractivity contribution < 1.29 is 28.4 Å². The summed E-state index contributed by atoms with van der Waals surface area (Å²) in [4.78, 5) is 31.6. The van der Waals surface area contributed by atoms with E-state index in [2.05, 4.69) is 93.7 Å². The second-order valence-electron chi connectivity index (χ2n) is 21.3. The Labute approximate surface area is 410 Å². The fourth-order valence-electron chi connectivity index (χ4n) is 11.9. The second-order valence-corrected chi connectivity index (χ2v) is 21.3. The zero-order valence-corrected chi connectivity index (χ0v) is 41.5. The standard InChI is InChI=1S/C53H69N11O6/c1-52(2)33-64(34-53(3,4)70-52)49-27-44-41(7-6-14-55-44)50(59-49)69-39-12-13-46(63-16-15-54-35-63)43(25-39)47-32-61(18-24-67-47)17-23-66-40-26-42-45(56-30-40)28-48(62-19-21-65-22-20-62)58-51(42)68-38-10-8-36(9-11-38)37-29-57-60(5)31-37/h6-7,14-16,26-31,35-36,38-39,43,46-47H,8-13,17-25,32-34H2,1-5H3/t36?,38?,39-,43?,46+,47?/m1/s1. The molecule has 11 rings (SSSR count). The van der Waals surface area contributed by atoms with E-state index < -0.39 is 0 Å². The van der Waals surface area contributed by atoms with Gasteiger partial charge in [-0.25, -0.2) is 4.98 Å². The van der Waals surface area contributed by atoms with Crippen molar-refractivity contribution >= 4 is 33.4 Å². The largest absolute Gasteiger partial charge is 0.491 e. The van der Waals surface area contributed by atoms with Crippen molar-refractivity contribution in [3.63, 3.8) is 0 Å². The van der Waals surface area contributed by atoms with Crippen LogP contribution < -0.4 is 24.0 Å². The smallest absolute Gasteiger partial charge is 0.225 e. The molecule has 3 aliphatic heterocycles. The van der Waals surface area contributed by atoms with Gasteiger partial charge in [-0.3, -0.25) is 19.5 Å². The fraction of sp³-hybridized carbons (Fsp3) is 0.585. The van der Waals surface area contributed by atoms with Gasteiger partial charge in [0.05, 0.1) is 77.7 Å². The first-order chi connectivity index (χ1) is 34.0. The third-order valence-electron chi connectivity index (χ3n) is 15.0. The van der Waals surface area contributed by atoms with Crippen LogP contribution in [-0.2, 0) is 21.3 Å². The zero-order chi connectivity index (χ0) is 47.8. The molecule has 372 valence electrons. The number of aromatic nitrogens is 8. The predicted molar refractivity (Wildman–Crippen MR) is 267 cm³/mol. The molecular weight excluding hydrogens is 887 g/mol. The number of morpholine rings is 3. The van der Waals surface area contributed by atoms with Crippen molar-refractivity contribution in [1.82, 2.24) is 44.2 Å². The summed E-state index contributed by atoms with van der Waals surface area (Å²) in [5.41, 5.74) is 2.37. The van der Waals surface area contributed by atoms with Gasteiger partial charge in [0.1, 0.15) is 36.2 Å². The molecule has 3 saturated heterocycles. The van der Waals surface area contributed by atoms with Crippen LogP contribution >= 0.6 is 0 Å². The molecule has 0 bridgehead atoms. The molecule has 5 fully saturated rings. The van der Waals surface area contributed by atoms with Crippen molar-refractivity contribution in [2.24, 2.45) is 13.0 Å². The summed E-state index contributed by atoms with van der Waals surface area (Å²) in [6, 6.07) is 10.5. The van der Waals surface area contributed by atoms with Crippen molar-refractivity contribution in [3.8, 4) is 17.5 Å². The number of imidazole rings is 1. The van der Waals surface area contributed by atoms with Crippen molar-refractivity contribution in [2.45, 2.75) is 114 Å². The first-order valence-corrected chi connectivity index (χ1v) is 25.6. The fourth-order valence-corrected chi connectivity index (χ4v) is 11.9. The number of ether oxygens (including phenoxy) is 6. The Hall–Kier alpha value is -5.62. The minimum absolute atomic E-state index is 0.00345. The molecule has 70 heavy (non-hydrogen) atoms. The number of hydrogen-bond acceptors (Lipinski definition) is 15. The highest BCUT2D eigenvalue weighted by atomic mass is 16.5. The van der Waals surface area contributed by atoms with E-state index in [-0.39, 0.29) is 41.5 Å². The van der Waals surface area contributed by atoms with Crippen molar-refractivity contribution in [2.75, 3.05) is 82.0 Å². The summed E-state index contributed by atoms with van der Waals surface area (Å²) in [6.45, 7) is 16.5. The van der Waals surface area contributed by atoms with Gasteiger partial charge in [0.15, 0.2) is 0 Å². The number of aryl methyl sites for hydroxylation is 1. The van der Waals surface area contributed by atoms with Gasteiger partial charge in [0.2, 0.25) is 11.8 Å². The van der Waals surface area contributed by atoms with Crippen LogP contribution in [0.1, 0.15) is 90.2 Å². The molecule has 9 heterocycles. The van der Waals surface area contributed by atoms with Crippen LogP contribution in [0.25, 0.3) is 21.8 Å². The highest BCUT2D eigenvalue weighted by Gasteiger charge is 2.42. The minimum atomic E-state index is -0.331. The Kier molecular flexibility index (Phi) is 13.3. The van der Waals surface area contributed by atoms with Crippen LogP contribution in [0.15, 0.2) is 73.8 Å². The van der Waals surface area contributed by atoms with Gasteiger partial charge in [-0.15, -0.1) is 0 Å². The summed E-state index contributed by atoms with van der Waals surface area (Å²) in [5, 5.41) is 6.21. The maximum Gasteiger partial charge on any atom is 0.225 e. The SMILES string of the molecule is Cn1cc(C2CCC(Oc3nc(N4CCOCC4)cc4ncc(OCCN5CCOC(C6C[C@H](Oc7nc(N8CC(C)(C)OC(C)(C)C8)cc8ncccc78)CC[C@@H]6n6ccnc6)C5)cc34)CC2)cn1. The molecule has 4 atom stereocenters. The Morgan fingerprint density at radius 3 is 2.27 bits per heavy atom. The van der Waals surface area contributed by atoms with E-state index >= 15 is 0 Å². The molecule has 0 N–H and O–H groups in total. The molecular formula is C53H69N11O6. The quantitative estimate of drug-likeness (QED) is 0.113. The maximum absolute atomic E-state index is 7.02. The van der Waals surface area contributed by atoms with E-state index in [1.165, 1.54) is 5.56 Å². The molecule has 0 radical (unpaired) electrons. The molecule has 2 aliphatic carbocycles. The summed E-state index contributed by atoms with van der Waals surface area (Å²) in [6.07, 6.45) is 20.4. The lowest BCUT2D eigenvalue weighted by Gasteiger charge is -2.47. The number of anilines is 2. The lowest BCUT2D eigenvalue weighted by Crippen LogP contribution is -2.57. The van der Waals surface area contributed by atoms with Gasteiger partial charge in [0.25, 0.3) is 0 Å². The van der Waals surface area contributed by atoms with Crippen molar-refractivity contribution in [3.05, 3.63) is 79.4 Å². The molecule has 5 aliphatic rings. The first-order valence-electron chi connectivity index (χ1n) is 25.6.